The molecular formula is C21H17FN2. The largest absolute Gasteiger partial charge is 0.354 e. The number of halogens is 1. The summed E-state index contributed by atoms with van der Waals surface area (Å²) >= 11 is 0. The molecule has 0 amide bonds. The Morgan fingerprint density at radius 2 is 1.67 bits per heavy atom. The van der Waals surface area contributed by atoms with Gasteiger partial charge >= 0.3 is 0 Å². The third kappa shape index (κ3) is 1.97. The van der Waals surface area contributed by atoms with Gasteiger partial charge in [0.2, 0.25) is 0 Å². The second-order valence-electron chi connectivity index (χ2n) is 6.54. The van der Waals surface area contributed by atoms with E-state index in [4.69, 9.17) is 0 Å². The number of aryl methyl sites for hydroxylation is 1. The summed E-state index contributed by atoms with van der Waals surface area (Å²) in [5, 5.41) is 2.54. The molecule has 0 fully saturated rings. The molecule has 0 atom stereocenters. The Morgan fingerprint density at radius 3 is 2.50 bits per heavy atom. The lowest BCUT2D eigenvalue weighted by Crippen LogP contribution is -2.07. The van der Waals surface area contributed by atoms with E-state index < -0.39 is 0 Å². The second-order valence-corrected chi connectivity index (χ2v) is 6.54. The highest BCUT2D eigenvalue weighted by Crippen LogP contribution is 2.37. The number of H-pyrrole nitrogens is 1. The number of aromatic amines is 1. The predicted molar refractivity (Wildman–Crippen MR) is 95.6 cm³/mol. The van der Waals surface area contributed by atoms with Gasteiger partial charge in [0.25, 0.3) is 0 Å². The fraction of sp³-hybridized carbons (Fsp3) is 0.190. The number of benzene rings is 2. The zero-order valence-corrected chi connectivity index (χ0v) is 13.3. The molecule has 3 heteroatoms. The van der Waals surface area contributed by atoms with E-state index in [1.54, 1.807) is 0 Å². The zero-order chi connectivity index (χ0) is 16.1. The van der Waals surface area contributed by atoms with E-state index in [1.165, 1.54) is 46.9 Å². The lowest BCUT2D eigenvalue weighted by molar-refractivity contribution is 0.628. The number of pyridine rings is 1. The van der Waals surface area contributed by atoms with E-state index in [-0.39, 0.29) is 5.82 Å². The van der Waals surface area contributed by atoms with Gasteiger partial charge in [-0.2, -0.15) is 0 Å². The Morgan fingerprint density at radius 1 is 0.875 bits per heavy atom. The van der Waals surface area contributed by atoms with Crippen LogP contribution in [-0.4, -0.2) is 9.97 Å². The Labute approximate surface area is 139 Å². The summed E-state index contributed by atoms with van der Waals surface area (Å²) < 4.78 is 13.3. The van der Waals surface area contributed by atoms with E-state index in [0.29, 0.717) is 0 Å². The number of rotatable bonds is 1. The first-order valence-corrected chi connectivity index (χ1v) is 8.48. The lowest BCUT2D eigenvalue weighted by atomic mass is 9.85. The van der Waals surface area contributed by atoms with Crippen LogP contribution < -0.4 is 0 Å². The van der Waals surface area contributed by atoms with Gasteiger partial charge in [-0.25, -0.2) is 4.39 Å². The maximum atomic E-state index is 13.3. The number of aromatic nitrogens is 2. The van der Waals surface area contributed by atoms with Gasteiger partial charge in [-0.3, -0.25) is 4.98 Å². The van der Waals surface area contributed by atoms with Crippen LogP contribution in [0.2, 0.25) is 0 Å². The van der Waals surface area contributed by atoms with Gasteiger partial charge in [0.15, 0.2) is 0 Å². The first-order chi connectivity index (χ1) is 11.8. The number of hydrogen-bond donors (Lipinski definition) is 1. The van der Waals surface area contributed by atoms with E-state index in [2.05, 4.69) is 28.2 Å². The number of nitrogens with zero attached hydrogens (tertiary/aromatic N) is 1. The normalized spacial score (nSPS) is 14.2. The SMILES string of the molecule is Fc1ccc(-c2[nH]c3ccc4nccc4c3c3c2CCCC3)cc1. The van der Waals surface area contributed by atoms with Crippen molar-refractivity contribution < 1.29 is 4.39 Å². The van der Waals surface area contributed by atoms with Crippen LogP contribution in [0.3, 0.4) is 0 Å². The molecular weight excluding hydrogens is 299 g/mol. The molecule has 0 radical (unpaired) electrons. The molecule has 2 aromatic heterocycles. The van der Waals surface area contributed by atoms with Crippen molar-refractivity contribution in [2.45, 2.75) is 25.7 Å². The average molecular weight is 316 g/mol. The first-order valence-electron chi connectivity index (χ1n) is 8.48. The van der Waals surface area contributed by atoms with Gasteiger partial charge < -0.3 is 4.98 Å². The monoisotopic (exact) mass is 316 g/mol. The van der Waals surface area contributed by atoms with Crippen LogP contribution in [0.1, 0.15) is 24.0 Å². The van der Waals surface area contributed by atoms with Crippen molar-refractivity contribution in [1.82, 2.24) is 9.97 Å². The summed E-state index contributed by atoms with van der Waals surface area (Å²) in [4.78, 5) is 8.07. The van der Waals surface area contributed by atoms with Gasteiger partial charge in [0, 0.05) is 28.2 Å². The molecule has 24 heavy (non-hydrogen) atoms. The Balaban J connectivity index is 1.88. The minimum atomic E-state index is -0.196. The van der Waals surface area contributed by atoms with E-state index in [1.807, 2.05) is 18.3 Å². The first kappa shape index (κ1) is 13.7. The molecule has 2 nitrogen and oxygen atoms in total. The van der Waals surface area contributed by atoms with Crippen LogP contribution in [0.5, 0.6) is 0 Å². The molecule has 0 spiro atoms. The molecule has 0 bridgehead atoms. The Hall–Kier alpha value is -2.68. The van der Waals surface area contributed by atoms with Crippen molar-refractivity contribution in [2.24, 2.45) is 0 Å². The van der Waals surface area contributed by atoms with Crippen LogP contribution in [0, 0.1) is 5.82 Å². The van der Waals surface area contributed by atoms with Crippen LogP contribution in [0.4, 0.5) is 4.39 Å². The molecule has 1 N–H and O–H groups in total. The fourth-order valence-corrected chi connectivity index (χ4v) is 4.04. The summed E-state index contributed by atoms with van der Waals surface area (Å²) in [6.07, 6.45) is 6.47. The van der Waals surface area contributed by atoms with Crippen molar-refractivity contribution in [3.8, 4) is 11.3 Å². The van der Waals surface area contributed by atoms with Crippen molar-refractivity contribution >= 4 is 21.8 Å². The van der Waals surface area contributed by atoms with Crippen molar-refractivity contribution in [1.29, 1.82) is 0 Å². The van der Waals surface area contributed by atoms with Gasteiger partial charge in [-0.05, 0) is 84.8 Å². The average Bonchev–Trinajstić information content (AvgIpc) is 3.10. The van der Waals surface area contributed by atoms with Gasteiger partial charge in [0.05, 0.1) is 5.52 Å². The second kappa shape index (κ2) is 5.17. The molecule has 0 aliphatic heterocycles. The van der Waals surface area contributed by atoms with E-state index >= 15 is 0 Å². The third-order valence-electron chi connectivity index (χ3n) is 5.14. The van der Waals surface area contributed by atoms with Crippen LogP contribution >= 0.6 is 0 Å². The number of hydrogen-bond acceptors (Lipinski definition) is 1. The van der Waals surface area contributed by atoms with Crippen molar-refractivity contribution in [2.75, 3.05) is 0 Å². The summed E-state index contributed by atoms with van der Waals surface area (Å²) in [5.41, 5.74) is 7.20. The molecule has 118 valence electrons. The van der Waals surface area contributed by atoms with Gasteiger partial charge in [-0.1, -0.05) is 0 Å². The smallest absolute Gasteiger partial charge is 0.123 e. The van der Waals surface area contributed by atoms with Gasteiger partial charge in [0.1, 0.15) is 5.82 Å². The molecule has 0 saturated carbocycles. The molecule has 5 rings (SSSR count). The standard InChI is InChI=1S/C21H17FN2/c22-14-7-5-13(6-8-14)21-16-4-2-1-3-15(16)20-17-11-12-23-18(17)9-10-19(20)24-21/h5-12,24H,1-4H2. The topological polar surface area (TPSA) is 28.7 Å². The van der Waals surface area contributed by atoms with E-state index in [0.717, 1.165) is 35.1 Å². The number of fused-ring (bicyclic) bond motifs is 5. The van der Waals surface area contributed by atoms with Crippen LogP contribution in [-0.2, 0) is 12.8 Å². The molecule has 1 aliphatic rings. The highest BCUT2D eigenvalue weighted by Gasteiger charge is 2.20. The maximum absolute atomic E-state index is 13.3. The lowest BCUT2D eigenvalue weighted by Gasteiger charge is -2.22. The third-order valence-corrected chi connectivity index (χ3v) is 5.14. The van der Waals surface area contributed by atoms with Crippen LogP contribution in [0.15, 0.2) is 48.7 Å². The predicted octanol–water partition coefficient (Wildman–Crippen LogP) is 5.40. The molecule has 0 saturated heterocycles. The minimum absolute atomic E-state index is 0.196. The van der Waals surface area contributed by atoms with E-state index in [9.17, 15) is 4.39 Å². The quantitative estimate of drug-likeness (QED) is 0.500. The minimum Gasteiger partial charge on any atom is -0.354 e. The summed E-state index contributed by atoms with van der Waals surface area (Å²) in [7, 11) is 0. The maximum Gasteiger partial charge on any atom is 0.123 e. The summed E-state index contributed by atoms with van der Waals surface area (Å²) in [6.45, 7) is 0. The fourth-order valence-electron chi connectivity index (χ4n) is 4.04. The molecule has 1 aliphatic carbocycles. The Bertz CT molecular complexity index is 1060. The van der Waals surface area contributed by atoms with Crippen molar-refractivity contribution in [3.05, 3.63) is 65.6 Å². The van der Waals surface area contributed by atoms with Crippen molar-refractivity contribution in [3.63, 3.8) is 0 Å². The summed E-state index contributed by atoms with van der Waals surface area (Å²) in [5.74, 6) is -0.196. The zero-order valence-electron chi connectivity index (χ0n) is 13.3. The molecule has 2 heterocycles. The van der Waals surface area contributed by atoms with Gasteiger partial charge in [-0.15, -0.1) is 0 Å². The number of nitrogens with one attached hydrogen (secondary N) is 1. The molecule has 4 aromatic rings. The highest BCUT2D eigenvalue weighted by atomic mass is 19.1. The summed E-state index contributed by atoms with van der Waals surface area (Å²) in [6, 6.07) is 13.1. The van der Waals surface area contributed by atoms with Crippen LogP contribution in [0.25, 0.3) is 33.1 Å². The molecule has 0 unspecified atom stereocenters. The highest BCUT2D eigenvalue weighted by molar-refractivity contribution is 6.08. The Kier molecular flexibility index (Phi) is 2.96. The molecule has 2 aromatic carbocycles.